The van der Waals surface area contributed by atoms with Crippen molar-refractivity contribution in [2.45, 2.75) is 27.7 Å². The lowest BCUT2D eigenvalue weighted by Crippen LogP contribution is -2.34. The average molecular weight is 290 g/mol. The van der Waals surface area contributed by atoms with E-state index in [4.69, 9.17) is 5.73 Å². The van der Waals surface area contributed by atoms with Crippen LogP contribution in [0.2, 0.25) is 0 Å². The number of thiophene rings is 1. The molecule has 0 aliphatic heterocycles. The third-order valence-corrected chi connectivity index (χ3v) is 4.55. The molecule has 0 aliphatic rings. The largest absolute Gasteiger partial charge is 0.397 e. The van der Waals surface area contributed by atoms with Gasteiger partial charge in [-0.15, -0.1) is 11.3 Å². The fourth-order valence-corrected chi connectivity index (χ4v) is 3.58. The Morgan fingerprint density at radius 1 is 1.35 bits per heavy atom. The molecule has 1 heterocycles. The number of nitrogen functional groups attached to an aromatic ring is 1. The van der Waals surface area contributed by atoms with Gasteiger partial charge in [-0.2, -0.15) is 0 Å². The van der Waals surface area contributed by atoms with Crippen LogP contribution >= 0.6 is 11.3 Å². The van der Waals surface area contributed by atoms with Crippen LogP contribution in [0, 0.1) is 12.3 Å². The molecule has 2 N–H and O–H groups in total. The monoisotopic (exact) mass is 290 g/mol. The highest BCUT2D eigenvalue weighted by molar-refractivity contribution is 7.21. The molecule has 0 bridgehead atoms. The van der Waals surface area contributed by atoms with Gasteiger partial charge in [0.2, 0.25) is 0 Å². The first-order valence-corrected chi connectivity index (χ1v) is 7.55. The minimum absolute atomic E-state index is 0.0121. The predicted octanol–water partition coefficient (Wildman–Crippen LogP) is 3.91. The zero-order valence-electron chi connectivity index (χ0n) is 12.8. The van der Waals surface area contributed by atoms with Crippen LogP contribution in [-0.2, 0) is 0 Å². The number of carbonyl (C=O) groups is 1. The third kappa shape index (κ3) is 2.80. The van der Waals surface area contributed by atoms with E-state index >= 15 is 0 Å². The van der Waals surface area contributed by atoms with Crippen LogP contribution in [0.25, 0.3) is 10.1 Å². The molecule has 1 amide bonds. The second kappa shape index (κ2) is 5.09. The van der Waals surface area contributed by atoms with Gasteiger partial charge in [-0.05, 0) is 17.9 Å². The molecule has 0 radical (unpaired) electrons. The van der Waals surface area contributed by atoms with E-state index in [1.807, 2.05) is 32.2 Å². The van der Waals surface area contributed by atoms with E-state index in [0.29, 0.717) is 17.1 Å². The SMILES string of the molecule is Cc1cccc2c(N)c(C(=O)N(C)CC(C)(C)C)sc12. The Morgan fingerprint density at radius 2 is 2.00 bits per heavy atom. The van der Waals surface area contributed by atoms with Crippen molar-refractivity contribution in [1.82, 2.24) is 4.90 Å². The van der Waals surface area contributed by atoms with Crippen molar-refractivity contribution >= 4 is 33.0 Å². The molecule has 0 unspecified atom stereocenters. The summed E-state index contributed by atoms with van der Waals surface area (Å²) in [6.07, 6.45) is 0. The first kappa shape index (κ1) is 14.9. The van der Waals surface area contributed by atoms with Crippen molar-refractivity contribution in [3.8, 4) is 0 Å². The van der Waals surface area contributed by atoms with Crippen molar-refractivity contribution in [2.24, 2.45) is 5.41 Å². The smallest absolute Gasteiger partial charge is 0.265 e. The number of hydrogen-bond donors (Lipinski definition) is 1. The number of benzene rings is 1. The summed E-state index contributed by atoms with van der Waals surface area (Å²) in [5.41, 5.74) is 8.02. The number of nitrogens with two attached hydrogens (primary N) is 1. The number of anilines is 1. The zero-order chi connectivity index (χ0) is 15.1. The molecule has 3 nitrogen and oxygen atoms in total. The van der Waals surface area contributed by atoms with Gasteiger partial charge in [-0.25, -0.2) is 0 Å². The lowest BCUT2D eigenvalue weighted by Gasteiger charge is -2.26. The number of amides is 1. The van der Waals surface area contributed by atoms with E-state index in [-0.39, 0.29) is 11.3 Å². The molecule has 2 aromatic rings. The van der Waals surface area contributed by atoms with Gasteiger partial charge in [0.1, 0.15) is 4.88 Å². The van der Waals surface area contributed by atoms with Crippen molar-refractivity contribution in [1.29, 1.82) is 0 Å². The van der Waals surface area contributed by atoms with E-state index in [1.165, 1.54) is 11.3 Å². The van der Waals surface area contributed by atoms with Crippen LogP contribution in [0.3, 0.4) is 0 Å². The van der Waals surface area contributed by atoms with Crippen LogP contribution in [-0.4, -0.2) is 24.4 Å². The maximum Gasteiger partial charge on any atom is 0.265 e. The van der Waals surface area contributed by atoms with Crippen LogP contribution in [0.1, 0.15) is 36.0 Å². The van der Waals surface area contributed by atoms with Crippen molar-refractivity contribution < 1.29 is 4.79 Å². The summed E-state index contributed by atoms with van der Waals surface area (Å²) < 4.78 is 1.11. The summed E-state index contributed by atoms with van der Waals surface area (Å²) in [6, 6.07) is 6.01. The normalized spacial score (nSPS) is 11.8. The van der Waals surface area contributed by atoms with Gasteiger partial charge in [0, 0.05) is 23.7 Å². The Kier molecular flexibility index (Phi) is 3.78. The summed E-state index contributed by atoms with van der Waals surface area (Å²) >= 11 is 1.50. The number of rotatable bonds is 2. The minimum Gasteiger partial charge on any atom is -0.397 e. The topological polar surface area (TPSA) is 46.3 Å². The summed E-state index contributed by atoms with van der Waals surface area (Å²) in [6.45, 7) is 9.11. The lowest BCUT2D eigenvalue weighted by atomic mass is 9.96. The van der Waals surface area contributed by atoms with Gasteiger partial charge >= 0.3 is 0 Å². The molecule has 0 atom stereocenters. The van der Waals surface area contributed by atoms with Gasteiger partial charge < -0.3 is 10.6 Å². The van der Waals surface area contributed by atoms with Crippen molar-refractivity contribution in [3.63, 3.8) is 0 Å². The minimum atomic E-state index is 0.0121. The van der Waals surface area contributed by atoms with Crippen molar-refractivity contribution in [2.75, 3.05) is 19.3 Å². The molecular formula is C16H22N2OS. The Morgan fingerprint density at radius 3 is 2.55 bits per heavy atom. The van der Waals surface area contributed by atoms with Gasteiger partial charge in [-0.1, -0.05) is 39.0 Å². The fourth-order valence-electron chi connectivity index (χ4n) is 2.39. The molecule has 0 saturated carbocycles. The lowest BCUT2D eigenvalue weighted by molar-refractivity contribution is 0.0751. The number of fused-ring (bicyclic) bond motifs is 1. The van der Waals surface area contributed by atoms with E-state index in [1.54, 1.807) is 4.90 Å². The Labute approximate surface area is 124 Å². The fraction of sp³-hybridized carbons (Fsp3) is 0.438. The van der Waals surface area contributed by atoms with E-state index < -0.39 is 0 Å². The summed E-state index contributed by atoms with van der Waals surface area (Å²) in [7, 11) is 1.84. The molecule has 1 aromatic carbocycles. The van der Waals surface area contributed by atoms with Crippen LogP contribution in [0.4, 0.5) is 5.69 Å². The Balaban J connectivity index is 2.40. The summed E-state index contributed by atoms with van der Waals surface area (Å²) in [4.78, 5) is 15.0. The molecule has 4 heteroatoms. The molecular weight excluding hydrogens is 268 g/mol. The molecule has 0 aliphatic carbocycles. The highest BCUT2D eigenvalue weighted by Crippen LogP contribution is 2.36. The molecule has 108 valence electrons. The number of nitrogens with zero attached hydrogens (tertiary/aromatic N) is 1. The quantitative estimate of drug-likeness (QED) is 0.911. The van der Waals surface area contributed by atoms with Gasteiger partial charge in [-0.3, -0.25) is 4.79 Å². The molecule has 0 fully saturated rings. The molecule has 1 aromatic heterocycles. The van der Waals surface area contributed by atoms with E-state index in [0.717, 1.165) is 15.6 Å². The molecule has 0 spiro atoms. The van der Waals surface area contributed by atoms with Gasteiger partial charge in [0.25, 0.3) is 5.91 Å². The average Bonchev–Trinajstić information content (AvgIpc) is 2.66. The highest BCUT2D eigenvalue weighted by atomic mass is 32.1. The van der Waals surface area contributed by atoms with Crippen LogP contribution < -0.4 is 5.73 Å². The highest BCUT2D eigenvalue weighted by Gasteiger charge is 2.23. The van der Waals surface area contributed by atoms with Crippen LogP contribution in [0.5, 0.6) is 0 Å². The Bertz CT molecular complexity index is 652. The molecule has 20 heavy (non-hydrogen) atoms. The first-order chi connectivity index (χ1) is 9.20. The van der Waals surface area contributed by atoms with E-state index in [9.17, 15) is 4.79 Å². The van der Waals surface area contributed by atoms with E-state index in [2.05, 4.69) is 20.8 Å². The van der Waals surface area contributed by atoms with Crippen LogP contribution in [0.15, 0.2) is 18.2 Å². The second-order valence-electron chi connectivity index (χ2n) is 6.52. The maximum atomic E-state index is 12.6. The first-order valence-electron chi connectivity index (χ1n) is 6.74. The van der Waals surface area contributed by atoms with Crippen molar-refractivity contribution in [3.05, 3.63) is 28.6 Å². The number of hydrogen-bond acceptors (Lipinski definition) is 3. The number of carbonyl (C=O) groups excluding carboxylic acids is 1. The second-order valence-corrected chi connectivity index (χ2v) is 7.54. The zero-order valence-corrected chi connectivity index (χ0v) is 13.6. The standard InChI is InChI=1S/C16H22N2OS/c1-10-7-6-8-11-12(17)14(20-13(10)11)15(19)18(5)9-16(2,3)4/h6-8H,9,17H2,1-5H3. The molecule has 2 rings (SSSR count). The summed E-state index contributed by atoms with van der Waals surface area (Å²) in [5, 5.41) is 0.988. The number of aryl methyl sites for hydroxylation is 1. The predicted molar refractivity (Wildman–Crippen MR) is 87.4 cm³/mol. The molecule has 0 saturated heterocycles. The van der Waals surface area contributed by atoms with Gasteiger partial charge in [0.05, 0.1) is 5.69 Å². The summed E-state index contributed by atoms with van der Waals surface area (Å²) in [5.74, 6) is 0.0121. The Hall–Kier alpha value is -1.55. The third-order valence-electron chi connectivity index (χ3n) is 3.20. The van der Waals surface area contributed by atoms with Gasteiger partial charge in [0.15, 0.2) is 0 Å². The maximum absolute atomic E-state index is 12.6.